The van der Waals surface area contributed by atoms with Crippen molar-refractivity contribution < 1.29 is 14.3 Å². The fourth-order valence-corrected chi connectivity index (χ4v) is 2.38. The fourth-order valence-electron chi connectivity index (χ4n) is 2.15. The van der Waals surface area contributed by atoms with E-state index in [0.29, 0.717) is 28.8 Å². The molecular formula is C14H13ClN2O3. The van der Waals surface area contributed by atoms with Gasteiger partial charge in [0.25, 0.3) is 0 Å². The Balaban J connectivity index is 1.88. The maximum atomic E-state index is 12.5. The number of carbonyl (C=O) groups excluding carboxylic acids is 1. The highest BCUT2D eigenvalue weighted by molar-refractivity contribution is 6.33. The van der Waals surface area contributed by atoms with E-state index < -0.39 is 6.10 Å². The molecule has 3 rings (SSSR count). The highest BCUT2D eigenvalue weighted by Crippen LogP contribution is 2.32. The van der Waals surface area contributed by atoms with Crippen LogP contribution in [-0.4, -0.2) is 28.3 Å². The highest BCUT2D eigenvalue weighted by Gasteiger charge is 2.31. The van der Waals surface area contributed by atoms with Crippen LogP contribution in [-0.2, 0) is 6.54 Å². The summed E-state index contributed by atoms with van der Waals surface area (Å²) in [5, 5.41) is 4.39. The molecule has 0 saturated carbocycles. The number of para-hydroxylation sites is 2. The second-order valence-corrected chi connectivity index (χ2v) is 4.79. The van der Waals surface area contributed by atoms with Crippen molar-refractivity contribution in [3.8, 4) is 11.5 Å². The zero-order valence-corrected chi connectivity index (χ0v) is 11.6. The minimum Gasteiger partial charge on any atom is -0.485 e. The summed E-state index contributed by atoms with van der Waals surface area (Å²) in [4.78, 5) is 12.5. The largest absolute Gasteiger partial charge is 0.485 e. The standard InChI is InChI=1S/C14H13ClN2O3/c1-2-17-13(9(15)7-16-17)14(18)12-8-19-10-5-3-4-6-11(10)20-12/h3-7,12H,2,8H2,1H3. The van der Waals surface area contributed by atoms with E-state index in [4.69, 9.17) is 21.1 Å². The summed E-state index contributed by atoms with van der Waals surface area (Å²) in [6.07, 6.45) is 0.764. The first-order valence-corrected chi connectivity index (χ1v) is 6.72. The van der Waals surface area contributed by atoms with Crippen molar-refractivity contribution >= 4 is 17.4 Å². The van der Waals surface area contributed by atoms with Crippen LogP contribution in [0.4, 0.5) is 0 Å². The van der Waals surface area contributed by atoms with E-state index in [2.05, 4.69) is 5.10 Å². The molecule has 0 amide bonds. The summed E-state index contributed by atoms with van der Waals surface area (Å²) in [6, 6.07) is 7.26. The molecule has 0 bridgehead atoms. The molecule has 1 aromatic carbocycles. The molecule has 0 aliphatic carbocycles. The molecule has 1 aromatic heterocycles. The molecule has 0 N–H and O–H groups in total. The molecule has 1 unspecified atom stereocenters. The van der Waals surface area contributed by atoms with Crippen molar-refractivity contribution in [2.45, 2.75) is 19.6 Å². The van der Waals surface area contributed by atoms with Crippen LogP contribution in [0.5, 0.6) is 11.5 Å². The zero-order chi connectivity index (χ0) is 14.1. The SMILES string of the molecule is CCn1ncc(Cl)c1C(=O)C1COc2ccccc2O1. The second kappa shape index (κ2) is 5.17. The van der Waals surface area contributed by atoms with Crippen LogP contribution in [0, 0.1) is 0 Å². The first-order valence-electron chi connectivity index (χ1n) is 6.34. The van der Waals surface area contributed by atoms with E-state index in [-0.39, 0.29) is 12.4 Å². The third kappa shape index (κ3) is 2.14. The molecule has 0 saturated heterocycles. The summed E-state index contributed by atoms with van der Waals surface area (Å²) in [6.45, 7) is 2.63. The van der Waals surface area contributed by atoms with E-state index >= 15 is 0 Å². The van der Waals surface area contributed by atoms with Gasteiger partial charge in [-0.25, -0.2) is 0 Å². The smallest absolute Gasteiger partial charge is 0.226 e. The van der Waals surface area contributed by atoms with Gasteiger partial charge in [-0.1, -0.05) is 23.7 Å². The molecule has 0 fully saturated rings. The Morgan fingerprint density at radius 3 is 2.95 bits per heavy atom. The number of halogens is 1. The molecule has 0 spiro atoms. The molecule has 6 heteroatoms. The molecule has 20 heavy (non-hydrogen) atoms. The lowest BCUT2D eigenvalue weighted by molar-refractivity contribution is 0.0575. The summed E-state index contributed by atoms with van der Waals surface area (Å²) in [5.74, 6) is 0.992. The van der Waals surface area contributed by atoms with Crippen molar-refractivity contribution in [1.29, 1.82) is 0 Å². The number of hydrogen-bond acceptors (Lipinski definition) is 4. The topological polar surface area (TPSA) is 53.4 Å². The van der Waals surface area contributed by atoms with E-state index in [1.807, 2.05) is 19.1 Å². The van der Waals surface area contributed by atoms with E-state index in [1.54, 1.807) is 16.8 Å². The minimum absolute atomic E-state index is 0.168. The Hall–Kier alpha value is -2.01. The number of rotatable bonds is 3. The van der Waals surface area contributed by atoms with Crippen molar-refractivity contribution in [3.63, 3.8) is 0 Å². The maximum absolute atomic E-state index is 12.5. The monoisotopic (exact) mass is 292 g/mol. The van der Waals surface area contributed by atoms with Gasteiger partial charge in [-0.2, -0.15) is 5.10 Å². The van der Waals surface area contributed by atoms with Crippen LogP contribution >= 0.6 is 11.6 Å². The number of ether oxygens (including phenoxy) is 2. The van der Waals surface area contributed by atoms with E-state index in [1.165, 1.54) is 6.20 Å². The summed E-state index contributed by atoms with van der Waals surface area (Å²) < 4.78 is 12.8. The predicted octanol–water partition coefficient (Wildman–Crippen LogP) is 2.58. The van der Waals surface area contributed by atoms with Gasteiger partial charge in [-0.3, -0.25) is 9.48 Å². The van der Waals surface area contributed by atoms with Gasteiger partial charge in [-0.15, -0.1) is 0 Å². The number of fused-ring (bicyclic) bond motifs is 1. The summed E-state index contributed by atoms with van der Waals surface area (Å²) >= 11 is 6.04. The lowest BCUT2D eigenvalue weighted by Crippen LogP contribution is -2.37. The van der Waals surface area contributed by atoms with Crippen LogP contribution in [0.15, 0.2) is 30.5 Å². The number of carbonyl (C=O) groups is 1. The number of ketones is 1. The minimum atomic E-state index is -0.704. The van der Waals surface area contributed by atoms with Crippen LogP contribution in [0.2, 0.25) is 5.02 Å². The third-order valence-corrected chi connectivity index (χ3v) is 3.41. The number of nitrogens with zero attached hydrogens (tertiary/aromatic N) is 2. The molecule has 1 aliphatic heterocycles. The highest BCUT2D eigenvalue weighted by atomic mass is 35.5. The van der Waals surface area contributed by atoms with Crippen LogP contribution in [0.25, 0.3) is 0 Å². The molecule has 2 heterocycles. The van der Waals surface area contributed by atoms with Gasteiger partial charge < -0.3 is 9.47 Å². The Bertz CT molecular complexity index is 654. The quantitative estimate of drug-likeness (QED) is 0.816. The first kappa shape index (κ1) is 13.0. The molecule has 104 valence electrons. The molecule has 1 aliphatic rings. The fraction of sp³-hybridized carbons (Fsp3) is 0.286. The lowest BCUT2D eigenvalue weighted by atomic mass is 10.1. The molecule has 5 nitrogen and oxygen atoms in total. The van der Waals surface area contributed by atoms with E-state index in [9.17, 15) is 4.79 Å². The van der Waals surface area contributed by atoms with Crippen LogP contribution < -0.4 is 9.47 Å². The Morgan fingerprint density at radius 1 is 1.45 bits per heavy atom. The zero-order valence-electron chi connectivity index (χ0n) is 10.9. The van der Waals surface area contributed by atoms with Gasteiger partial charge in [0.05, 0.1) is 11.2 Å². The summed E-state index contributed by atoms with van der Waals surface area (Å²) in [5.41, 5.74) is 0.363. The number of hydrogen-bond donors (Lipinski definition) is 0. The number of Topliss-reactive ketones (excluding diaryl/α,β-unsaturated/α-hetero) is 1. The van der Waals surface area contributed by atoms with Gasteiger partial charge in [-0.05, 0) is 19.1 Å². The van der Waals surface area contributed by atoms with E-state index in [0.717, 1.165) is 0 Å². The van der Waals surface area contributed by atoms with Gasteiger partial charge in [0, 0.05) is 6.54 Å². The first-order chi connectivity index (χ1) is 9.70. The second-order valence-electron chi connectivity index (χ2n) is 4.39. The van der Waals surface area contributed by atoms with Crippen LogP contribution in [0.1, 0.15) is 17.4 Å². The molecular weight excluding hydrogens is 280 g/mol. The van der Waals surface area contributed by atoms with Crippen LogP contribution in [0.3, 0.4) is 0 Å². The van der Waals surface area contributed by atoms with Crippen molar-refractivity contribution in [3.05, 3.63) is 41.2 Å². The van der Waals surface area contributed by atoms with Gasteiger partial charge in [0.2, 0.25) is 5.78 Å². The van der Waals surface area contributed by atoms with Crippen molar-refractivity contribution in [2.75, 3.05) is 6.61 Å². The maximum Gasteiger partial charge on any atom is 0.226 e. The lowest BCUT2D eigenvalue weighted by Gasteiger charge is -2.25. The van der Waals surface area contributed by atoms with Gasteiger partial charge in [0.15, 0.2) is 17.6 Å². The number of benzene rings is 1. The van der Waals surface area contributed by atoms with Gasteiger partial charge >= 0.3 is 0 Å². The normalized spacial score (nSPS) is 17.0. The predicted molar refractivity (Wildman–Crippen MR) is 73.6 cm³/mol. The Labute approximate surface area is 121 Å². The number of aryl methyl sites for hydroxylation is 1. The Kier molecular flexibility index (Phi) is 3.36. The number of aromatic nitrogens is 2. The third-order valence-electron chi connectivity index (χ3n) is 3.13. The molecule has 2 aromatic rings. The molecule has 1 atom stereocenters. The van der Waals surface area contributed by atoms with Gasteiger partial charge in [0.1, 0.15) is 12.3 Å². The molecule has 0 radical (unpaired) electrons. The van der Waals surface area contributed by atoms with Crippen molar-refractivity contribution in [2.24, 2.45) is 0 Å². The van der Waals surface area contributed by atoms with Crippen molar-refractivity contribution in [1.82, 2.24) is 9.78 Å². The Morgan fingerprint density at radius 2 is 2.20 bits per heavy atom. The average Bonchev–Trinajstić information content (AvgIpc) is 2.87. The summed E-state index contributed by atoms with van der Waals surface area (Å²) in [7, 11) is 0. The average molecular weight is 293 g/mol.